The minimum absolute atomic E-state index is 0.193. The van der Waals surface area contributed by atoms with Gasteiger partial charge in [-0.2, -0.15) is 0 Å². The number of hydrogen-bond donors (Lipinski definition) is 1. The van der Waals surface area contributed by atoms with Gasteiger partial charge in [-0.15, -0.1) is 0 Å². The van der Waals surface area contributed by atoms with Gasteiger partial charge in [0.25, 0.3) is 0 Å². The molecule has 1 unspecified atom stereocenters. The van der Waals surface area contributed by atoms with Crippen LogP contribution in [0.4, 0.5) is 0 Å². The monoisotopic (exact) mass is 281 g/mol. The third-order valence-corrected chi connectivity index (χ3v) is 4.31. The maximum absolute atomic E-state index is 6.09. The predicted molar refractivity (Wildman–Crippen MR) is 80.6 cm³/mol. The van der Waals surface area contributed by atoms with Crippen molar-refractivity contribution in [1.82, 2.24) is 5.32 Å². The number of halogens is 1. The van der Waals surface area contributed by atoms with Crippen molar-refractivity contribution in [3.8, 4) is 0 Å². The van der Waals surface area contributed by atoms with Gasteiger partial charge in [-0.3, -0.25) is 0 Å². The summed E-state index contributed by atoms with van der Waals surface area (Å²) in [5.74, 6) is 0.744. The number of piperidine rings is 1. The minimum Gasteiger partial charge on any atom is -0.371 e. The second kappa shape index (κ2) is 6.74. The van der Waals surface area contributed by atoms with E-state index in [0.717, 1.165) is 37.1 Å². The standard InChI is InChI=1S/C16H24ClNO/c1-3-19-16(2,12-13-8-10-18-11-9-13)14-4-6-15(17)7-5-14/h4-7,13,18H,3,8-12H2,1-2H3. The number of rotatable bonds is 5. The molecule has 1 aliphatic rings. The van der Waals surface area contributed by atoms with Gasteiger partial charge in [-0.05, 0) is 69.8 Å². The molecule has 0 saturated carbocycles. The van der Waals surface area contributed by atoms with Gasteiger partial charge in [-0.25, -0.2) is 0 Å². The third kappa shape index (κ3) is 3.95. The Bertz CT molecular complexity index is 386. The van der Waals surface area contributed by atoms with Crippen LogP contribution in [0.25, 0.3) is 0 Å². The van der Waals surface area contributed by atoms with Crippen LogP contribution in [0.15, 0.2) is 24.3 Å². The van der Waals surface area contributed by atoms with Crippen LogP contribution in [0.2, 0.25) is 5.02 Å². The van der Waals surface area contributed by atoms with Crippen LogP contribution >= 0.6 is 11.6 Å². The Kier molecular flexibility index (Phi) is 5.26. The molecular formula is C16H24ClNO. The maximum Gasteiger partial charge on any atom is 0.0905 e. The Hall–Kier alpha value is -0.570. The summed E-state index contributed by atoms with van der Waals surface area (Å²) in [5.41, 5.74) is 1.04. The van der Waals surface area contributed by atoms with Crippen LogP contribution in [-0.4, -0.2) is 19.7 Å². The summed E-state index contributed by atoms with van der Waals surface area (Å²) >= 11 is 5.98. The van der Waals surface area contributed by atoms with Crippen molar-refractivity contribution in [2.45, 2.75) is 38.7 Å². The highest BCUT2D eigenvalue weighted by molar-refractivity contribution is 6.30. The van der Waals surface area contributed by atoms with E-state index in [2.05, 4.69) is 31.3 Å². The molecule has 1 aliphatic heterocycles. The lowest BCUT2D eigenvalue weighted by molar-refractivity contribution is -0.0495. The van der Waals surface area contributed by atoms with E-state index in [1.54, 1.807) is 0 Å². The lowest BCUT2D eigenvalue weighted by atomic mass is 9.82. The van der Waals surface area contributed by atoms with Crippen molar-refractivity contribution in [1.29, 1.82) is 0 Å². The Labute approximate surface area is 121 Å². The Morgan fingerprint density at radius 3 is 2.47 bits per heavy atom. The fourth-order valence-corrected chi connectivity index (χ4v) is 3.14. The van der Waals surface area contributed by atoms with Crippen LogP contribution < -0.4 is 5.32 Å². The summed E-state index contributed by atoms with van der Waals surface area (Å²) in [5, 5.41) is 4.20. The van der Waals surface area contributed by atoms with E-state index in [1.807, 2.05) is 12.1 Å². The zero-order valence-electron chi connectivity index (χ0n) is 11.9. The normalized spacial score (nSPS) is 20.2. The molecule has 0 bridgehead atoms. The third-order valence-electron chi connectivity index (χ3n) is 4.05. The summed E-state index contributed by atoms with van der Waals surface area (Å²) in [6.45, 7) is 7.28. The molecule has 2 nitrogen and oxygen atoms in total. The van der Waals surface area contributed by atoms with Crippen molar-refractivity contribution < 1.29 is 4.74 Å². The second-order valence-corrected chi connectivity index (χ2v) is 6.00. The molecule has 2 rings (SSSR count). The summed E-state index contributed by atoms with van der Waals surface area (Å²) in [6, 6.07) is 8.10. The van der Waals surface area contributed by atoms with Gasteiger partial charge in [0.15, 0.2) is 0 Å². The van der Waals surface area contributed by atoms with Crippen molar-refractivity contribution >= 4 is 11.6 Å². The number of hydrogen-bond acceptors (Lipinski definition) is 2. The minimum atomic E-state index is -0.193. The highest BCUT2D eigenvalue weighted by Crippen LogP contribution is 2.35. The van der Waals surface area contributed by atoms with Crippen LogP contribution in [-0.2, 0) is 10.3 Å². The SMILES string of the molecule is CCOC(C)(CC1CCNCC1)c1ccc(Cl)cc1. The van der Waals surface area contributed by atoms with Gasteiger partial charge >= 0.3 is 0 Å². The first-order valence-corrected chi connectivity index (χ1v) is 7.62. The first kappa shape index (κ1) is 14.8. The smallest absolute Gasteiger partial charge is 0.0905 e. The van der Waals surface area contributed by atoms with E-state index in [0.29, 0.717) is 0 Å². The van der Waals surface area contributed by atoms with Crippen LogP contribution in [0.1, 0.15) is 38.7 Å². The first-order valence-electron chi connectivity index (χ1n) is 7.25. The van der Waals surface area contributed by atoms with E-state index in [4.69, 9.17) is 16.3 Å². The molecule has 19 heavy (non-hydrogen) atoms. The van der Waals surface area contributed by atoms with Gasteiger partial charge in [0.05, 0.1) is 5.60 Å². The first-order chi connectivity index (χ1) is 9.14. The van der Waals surface area contributed by atoms with Gasteiger partial charge in [-0.1, -0.05) is 23.7 Å². The molecular weight excluding hydrogens is 258 g/mol. The molecule has 106 valence electrons. The number of ether oxygens (including phenoxy) is 1. The lowest BCUT2D eigenvalue weighted by Crippen LogP contribution is -2.34. The van der Waals surface area contributed by atoms with Gasteiger partial charge < -0.3 is 10.1 Å². The summed E-state index contributed by atoms with van der Waals surface area (Å²) in [4.78, 5) is 0. The Balaban J connectivity index is 2.13. The Morgan fingerprint density at radius 1 is 1.26 bits per heavy atom. The fourth-order valence-electron chi connectivity index (χ4n) is 3.02. The van der Waals surface area contributed by atoms with Crippen molar-refractivity contribution in [2.24, 2.45) is 5.92 Å². The average molecular weight is 282 g/mol. The number of benzene rings is 1. The molecule has 1 saturated heterocycles. The van der Waals surface area contributed by atoms with Gasteiger partial charge in [0, 0.05) is 11.6 Å². The van der Waals surface area contributed by atoms with E-state index >= 15 is 0 Å². The van der Waals surface area contributed by atoms with Crippen molar-refractivity contribution in [3.63, 3.8) is 0 Å². The highest BCUT2D eigenvalue weighted by Gasteiger charge is 2.31. The Morgan fingerprint density at radius 2 is 1.89 bits per heavy atom. The van der Waals surface area contributed by atoms with E-state index in [-0.39, 0.29) is 5.60 Å². The molecule has 0 aliphatic carbocycles. The quantitative estimate of drug-likeness (QED) is 0.881. The summed E-state index contributed by atoms with van der Waals surface area (Å²) < 4.78 is 6.09. The van der Waals surface area contributed by atoms with E-state index in [9.17, 15) is 0 Å². The molecule has 0 amide bonds. The van der Waals surface area contributed by atoms with Crippen molar-refractivity contribution in [3.05, 3.63) is 34.9 Å². The van der Waals surface area contributed by atoms with Gasteiger partial charge in [0.2, 0.25) is 0 Å². The molecule has 3 heteroatoms. The van der Waals surface area contributed by atoms with E-state index < -0.39 is 0 Å². The molecule has 0 aromatic heterocycles. The molecule has 1 heterocycles. The summed E-state index contributed by atoms with van der Waals surface area (Å²) in [6.07, 6.45) is 3.58. The van der Waals surface area contributed by atoms with E-state index in [1.165, 1.54) is 18.4 Å². The van der Waals surface area contributed by atoms with Crippen LogP contribution in [0.5, 0.6) is 0 Å². The average Bonchev–Trinajstić information content (AvgIpc) is 2.40. The molecule has 1 N–H and O–H groups in total. The van der Waals surface area contributed by atoms with Gasteiger partial charge in [0.1, 0.15) is 0 Å². The molecule has 1 fully saturated rings. The number of nitrogens with one attached hydrogen (secondary N) is 1. The molecule has 0 radical (unpaired) electrons. The van der Waals surface area contributed by atoms with Crippen LogP contribution in [0, 0.1) is 5.92 Å². The molecule has 1 aromatic rings. The lowest BCUT2D eigenvalue weighted by Gasteiger charge is -2.35. The molecule has 1 aromatic carbocycles. The second-order valence-electron chi connectivity index (χ2n) is 5.57. The zero-order valence-corrected chi connectivity index (χ0v) is 12.7. The topological polar surface area (TPSA) is 21.3 Å². The summed E-state index contributed by atoms with van der Waals surface area (Å²) in [7, 11) is 0. The highest BCUT2D eigenvalue weighted by atomic mass is 35.5. The van der Waals surface area contributed by atoms with Crippen LogP contribution in [0.3, 0.4) is 0 Å². The largest absolute Gasteiger partial charge is 0.371 e. The zero-order chi connectivity index (χ0) is 13.7. The maximum atomic E-state index is 6.09. The molecule has 0 spiro atoms. The molecule has 1 atom stereocenters. The fraction of sp³-hybridized carbons (Fsp3) is 0.625. The predicted octanol–water partition coefficient (Wildman–Crippen LogP) is 3.98. The van der Waals surface area contributed by atoms with Crippen molar-refractivity contribution in [2.75, 3.05) is 19.7 Å².